The Balaban J connectivity index is 1.91. The summed E-state index contributed by atoms with van der Waals surface area (Å²) in [5.41, 5.74) is 1.90. The molecule has 0 unspecified atom stereocenters. The first kappa shape index (κ1) is 18.7. The summed E-state index contributed by atoms with van der Waals surface area (Å²) < 4.78 is 1.47. The monoisotopic (exact) mass is 402 g/mol. The van der Waals surface area contributed by atoms with E-state index >= 15 is 0 Å². The molecule has 3 aromatic carbocycles. The van der Waals surface area contributed by atoms with Gasteiger partial charge in [-0.15, -0.1) is 0 Å². The van der Waals surface area contributed by atoms with Crippen molar-refractivity contribution in [3.63, 3.8) is 0 Å². The van der Waals surface area contributed by atoms with Crippen molar-refractivity contribution < 1.29 is 9.90 Å². The molecule has 4 rings (SSSR count). The van der Waals surface area contributed by atoms with E-state index in [0.29, 0.717) is 27.4 Å². The SMILES string of the molecule is O=C(O)c1ccc(-n2c(C=Cc3cccc(Cl)c3)nc3ccccc3c2=O)cc1. The Labute approximate surface area is 171 Å². The third-order valence-electron chi connectivity index (χ3n) is 4.45. The molecule has 0 spiro atoms. The predicted molar refractivity (Wildman–Crippen MR) is 115 cm³/mol. The van der Waals surface area contributed by atoms with Crippen molar-refractivity contribution in [2.45, 2.75) is 0 Å². The molecule has 0 aliphatic heterocycles. The van der Waals surface area contributed by atoms with Crippen molar-refractivity contribution in [3.05, 3.63) is 105 Å². The van der Waals surface area contributed by atoms with Gasteiger partial charge >= 0.3 is 5.97 Å². The van der Waals surface area contributed by atoms with Gasteiger partial charge in [-0.3, -0.25) is 9.36 Å². The zero-order valence-electron chi connectivity index (χ0n) is 15.1. The van der Waals surface area contributed by atoms with Crippen LogP contribution < -0.4 is 5.56 Å². The second-order valence-corrected chi connectivity index (χ2v) is 6.80. The summed E-state index contributed by atoms with van der Waals surface area (Å²) in [6.07, 6.45) is 3.56. The van der Waals surface area contributed by atoms with Crippen LogP contribution in [0.15, 0.2) is 77.6 Å². The van der Waals surface area contributed by atoms with Crippen LogP contribution in [0, 0.1) is 0 Å². The molecule has 0 bridgehead atoms. The molecule has 0 saturated carbocycles. The average Bonchev–Trinajstić information content (AvgIpc) is 2.72. The molecule has 0 aliphatic carbocycles. The van der Waals surface area contributed by atoms with E-state index < -0.39 is 5.97 Å². The molecule has 1 N–H and O–H groups in total. The number of hydrogen-bond donors (Lipinski definition) is 1. The Hall–Kier alpha value is -3.70. The van der Waals surface area contributed by atoms with Crippen LogP contribution >= 0.6 is 11.6 Å². The van der Waals surface area contributed by atoms with Crippen LogP contribution in [-0.4, -0.2) is 20.6 Å². The quantitative estimate of drug-likeness (QED) is 0.526. The zero-order valence-corrected chi connectivity index (χ0v) is 15.9. The van der Waals surface area contributed by atoms with Gasteiger partial charge in [0.1, 0.15) is 5.82 Å². The van der Waals surface area contributed by atoms with Gasteiger partial charge in [0.05, 0.1) is 22.2 Å². The third-order valence-corrected chi connectivity index (χ3v) is 4.68. The summed E-state index contributed by atoms with van der Waals surface area (Å²) in [7, 11) is 0. The summed E-state index contributed by atoms with van der Waals surface area (Å²) in [6, 6.07) is 20.6. The number of benzene rings is 3. The van der Waals surface area contributed by atoms with Gasteiger partial charge in [-0.1, -0.05) is 41.9 Å². The summed E-state index contributed by atoms with van der Waals surface area (Å²) in [4.78, 5) is 29.0. The van der Waals surface area contributed by atoms with Gasteiger partial charge in [-0.25, -0.2) is 9.78 Å². The van der Waals surface area contributed by atoms with Gasteiger partial charge < -0.3 is 5.11 Å². The number of carboxylic acid groups (broad SMARTS) is 1. The van der Waals surface area contributed by atoms with Crippen molar-refractivity contribution in [2.75, 3.05) is 0 Å². The van der Waals surface area contributed by atoms with Gasteiger partial charge in [-0.2, -0.15) is 0 Å². The highest BCUT2D eigenvalue weighted by molar-refractivity contribution is 6.30. The number of fused-ring (bicyclic) bond motifs is 1. The topological polar surface area (TPSA) is 72.2 Å². The van der Waals surface area contributed by atoms with Crippen molar-refractivity contribution in [1.82, 2.24) is 9.55 Å². The minimum atomic E-state index is -1.03. The van der Waals surface area contributed by atoms with Crippen LogP contribution in [0.1, 0.15) is 21.7 Å². The molecule has 0 saturated heterocycles. The first-order valence-electron chi connectivity index (χ1n) is 8.82. The van der Waals surface area contributed by atoms with E-state index in [9.17, 15) is 9.59 Å². The minimum Gasteiger partial charge on any atom is -0.478 e. The lowest BCUT2D eigenvalue weighted by molar-refractivity contribution is 0.0697. The molecule has 1 aromatic heterocycles. The highest BCUT2D eigenvalue weighted by Gasteiger charge is 2.12. The van der Waals surface area contributed by atoms with Gasteiger partial charge in [0.15, 0.2) is 0 Å². The normalized spacial score (nSPS) is 11.2. The lowest BCUT2D eigenvalue weighted by Gasteiger charge is -2.11. The number of para-hydroxylation sites is 1. The van der Waals surface area contributed by atoms with Crippen molar-refractivity contribution in [1.29, 1.82) is 0 Å². The van der Waals surface area contributed by atoms with E-state index in [1.165, 1.54) is 16.7 Å². The van der Waals surface area contributed by atoms with E-state index in [1.54, 1.807) is 42.5 Å². The summed E-state index contributed by atoms with van der Waals surface area (Å²) in [5, 5.41) is 10.2. The highest BCUT2D eigenvalue weighted by atomic mass is 35.5. The Morgan fingerprint density at radius 2 is 1.72 bits per heavy atom. The fourth-order valence-electron chi connectivity index (χ4n) is 3.05. The molecular formula is C23H15ClN2O3. The van der Waals surface area contributed by atoms with E-state index in [2.05, 4.69) is 4.98 Å². The maximum Gasteiger partial charge on any atom is 0.335 e. The largest absolute Gasteiger partial charge is 0.478 e. The van der Waals surface area contributed by atoms with E-state index in [0.717, 1.165) is 5.56 Å². The summed E-state index contributed by atoms with van der Waals surface area (Å²) in [5.74, 6) is -0.599. The molecule has 6 heteroatoms. The van der Waals surface area contributed by atoms with Crippen LogP contribution in [0.4, 0.5) is 0 Å². The third kappa shape index (κ3) is 3.81. The number of aromatic nitrogens is 2. The molecule has 0 amide bonds. The Morgan fingerprint density at radius 3 is 2.45 bits per heavy atom. The zero-order chi connectivity index (χ0) is 20.4. The Kier molecular flexibility index (Phi) is 4.97. The van der Waals surface area contributed by atoms with Crippen LogP contribution in [0.5, 0.6) is 0 Å². The van der Waals surface area contributed by atoms with Gasteiger partial charge in [0.2, 0.25) is 0 Å². The van der Waals surface area contributed by atoms with E-state index in [-0.39, 0.29) is 11.1 Å². The number of nitrogens with zero attached hydrogens (tertiary/aromatic N) is 2. The molecule has 0 fully saturated rings. The number of carbonyl (C=O) groups is 1. The minimum absolute atomic E-state index is 0.145. The molecule has 0 atom stereocenters. The van der Waals surface area contributed by atoms with Gasteiger partial charge in [-0.05, 0) is 60.2 Å². The standard InChI is InChI=1S/C23H15ClN2O3/c24-17-5-3-4-15(14-17)8-13-21-25-20-7-2-1-6-19(20)22(27)26(21)18-11-9-16(10-12-18)23(28)29/h1-14H,(H,28,29). The Morgan fingerprint density at radius 1 is 0.966 bits per heavy atom. The number of carboxylic acids is 1. The molecule has 142 valence electrons. The molecular weight excluding hydrogens is 388 g/mol. The first-order valence-corrected chi connectivity index (χ1v) is 9.20. The van der Waals surface area contributed by atoms with Crippen LogP contribution in [0.2, 0.25) is 5.02 Å². The smallest absolute Gasteiger partial charge is 0.335 e. The molecule has 0 radical (unpaired) electrons. The number of aromatic carboxylic acids is 1. The second-order valence-electron chi connectivity index (χ2n) is 6.37. The predicted octanol–water partition coefficient (Wildman–Crippen LogP) is 4.91. The number of hydrogen-bond acceptors (Lipinski definition) is 3. The van der Waals surface area contributed by atoms with Crippen LogP contribution in [-0.2, 0) is 0 Å². The lowest BCUT2D eigenvalue weighted by Crippen LogP contribution is -2.22. The van der Waals surface area contributed by atoms with Crippen molar-refractivity contribution in [2.24, 2.45) is 0 Å². The van der Waals surface area contributed by atoms with Gasteiger partial charge in [0, 0.05) is 5.02 Å². The van der Waals surface area contributed by atoms with Crippen LogP contribution in [0.3, 0.4) is 0 Å². The maximum absolute atomic E-state index is 13.2. The molecule has 29 heavy (non-hydrogen) atoms. The van der Waals surface area contributed by atoms with Crippen molar-refractivity contribution >= 4 is 40.6 Å². The molecule has 0 aliphatic rings. The molecule has 5 nitrogen and oxygen atoms in total. The van der Waals surface area contributed by atoms with Gasteiger partial charge in [0.25, 0.3) is 5.56 Å². The highest BCUT2D eigenvalue weighted by Crippen LogP contribution is 2.17. The fourth-order valence-corrected chi connectivity index (χ4v) is 3.24. The fraction of sp³-hybridized carbons (Fsp3) is 0. The number of halogens is 1. The maximum atomic E-state index is 13.2. The average molecular weight is 403 g/mol. The van der Waals surface area contributed by atoms with E-state index in [1.807, 2.05) is 30.3 Å². The molecule has 1 heterocycles. The molecule has 4 aromatic rings. The van der Waals surface area contributed by atoms with Crippen molar-refractivity contribution in [3.8, 4) is 5.69 Å². The van der Waals surface area contributed by atoms with Crippen LogP contribution in [0.25, 0.3) is 28.7 Å². The summed E-state index contributed by atoms with van der Waals surface area (Å²) >= 11 is 6.04. The first-order chi connectivity index (χ1) is 14.0. The van der Waals surface area contributed by atoms with E-state index in [4.69, 9.17) is 16.7 Å². The number of rotatable bonds is 4. The Bertz CT molecular complexity index is 1310. The second kappa shape index (κ2) is 7.73. The summed E-state index contributed by atoms with van der Waals surface area (Å²) in [6.45, 7) is 0. The lowest BCUT2D eigenvalue weighted by atomic mass is 10.1.